The number of morpholine rings is 1. The number of aryl methyl sites for hydroxylation is 2. The number of carbonyl (C=O) groups is 1. The lowest BCUT2D eigenvalue weighted by molar-refractivity contribution is 0.0384. The van der Waals surface area contributed by atoms with Crippen LogP contribution in [-0.4, -0.2) is 48.2 Å². The van der Waals surface area contributed by atoms with Crippen molar-refractivity contribution in [2.45, 2.75) is 40.2 Å². The summed E-state index contributed by atoms with van der Waals surface area (Å²) in [5, 5.41) is 2.89. The van der Waals surface area contributed by atoms with Gasteiger partial charge in [0.15, 0.2) is 0 Å². The molecule has 30 heavy (non-hydrogen) atoms. The van der Waals surface area contributed by atoms with Crippen LogP contribution < -0.4 is 10.9 Å². The molecule has 0 spiro atoms. The zero-order valence-electron chi connectivity index (χ0n) is 18.3. The Hall–Kier alpha value is -2.44. The first-order valence-electron chi connectivity index (χ1n) is 10.8. The van der Waals surface area contributed by atoms with Gasteiger partial charge in [0.1, 0.15) is 5.56 Å². The van der Waals surface area contributed by atoms with Crippen LogP contribution in [0, 0.1) is 12.8 Å². The van der Waals surface area contributed by atoms with E-state index in [0.717, 1.165) is 45.7 Å². The fourth-order valence-corrected chi connectivity index (χ4v) is 3.57. The first-order valence-corrected chi connectivity index (χ1v) is 10.8. The van der Waals surface area contributed by atoms with Gasteiger partial charge >= 0.3 is 0 Å². The van der Waals surface area contributed by atoms with E-state index in [2.05, 4.69) is 24.1 Å². The molecule has 1 N–H and O–H groups in total. The summed E-state index contributed by atoms with van der Waals surface area (Å²) in [4.78, 5) is 28.0. The normalized spacial score (nSPS) is 14.8. The third-order valence-electron chi connectivity index (χ3n) is 5.58. The molecule has 1 fully saturated rings. The minimum atomic E-state index is -0.350. The van der Waals surface area contributed by atoms with E-state index < -0.39 is 0 Å². The SMILES string of the molecule is Cc1ccn(CCC(C)C)c(=O)c1C(=O)Nc1ccc(CCN2CCOCC2)cc1. The number of carbonyl (C=O) groups excluding carboxylic acids is 1. The number of anilines is 1. The molecule has 1 aliphatic rings. The van der Waals surface area contributed by atoms with Crippen LogP contribution in [0.3, 0.4) is 0 Å². The number of benzene rings is 1. The van der Waals surface area contributed by atoms with Gasteiger partial charge in [0, 0.05) is 38.1 Å². The molecule has 2 aromatic rings. The van der Waals surface area contributed by atoms with Crippen molar-refractivity contribution < 1.29 is 9.53 Å². The number of hydrogen-bond donors (Lipinski definition) is 1. The standard InChI is InChI=1S/C24H33N3O3/c1-18(2)8-12-27-13-9-19(3)22(24(27)29)23(28)25-21-6-4-20(5-7-21)10-11-26-14-16-30-17-15-26/h4-7,9,13,18H,8,10-12,14-17H2,1-3H3,(H,25,28). The van der Waals surface area contributed by atoms with Crippen LogP contribution in [0.4, 0.5) is 5.69 Å². The Morgan fingerprint density at radius 1 is 1.10 bits per heavy atom. The molecule has 1 amide bonds. The largest absolute Gasteiger partial charge is 0.379 e. The summed E-state index contributed by atoms with van der Waals surface area (Å²) in [5.74, 6) is 0.148. The predicted molar refractivity (Wildman–Crippen MR) is 120 cm³/mol. The van der Waals surface area contributed by atoms with Crippen LogP contribution in [0.2, 0.25) is 0 Å². The monoisotopic (exact) mass is 411 g/mol. The van der Waals surface area contributed by atoms with Crippen LogP contribution in [0.15, 0.2) is 41.3 Å². The molecule has 0 unspecified atom stereocenters. The van der Waals surface area contributed by atoms with Gasteiger partial charge in [0.25, 0.3) is 11.5 Å². The Morgan fingerprint density at radius 3 is 2.47 bits per heavy atom. The summed E-state index contributed by atoms with van der Waals surface area (Å²) in [7, 11) is 0. The molecule has 0 atom stereocenters. The van der Waals surface area contributed by atoms with Gasteiger partial charge < -0.3 is 14.6 Å². The zero-order valence-corrected chi connectivity index (χ0v) is 18.3. The molecule has 162 valence electrons. The Balaban J connectivity index is 1.62. The van der Waals surface area contributed by atoms with Crippen molar-refractivity contribution in [1.82, 2.24) is 9.47 Å². The highest BCUT2D eigenvalue weighted by molar-refractivity contribution is 6.05. The number of nitrogens with zero attached hydrogens (tertiary/aromatic N) is 2. The minimum Gasteiger partial charge on any atom is -0.379 e. The van der Waals surface area contributed by atoms with Crippen LogP contribution in [0.5, 0.6) is 0 Å². The summed E-state index contributed by atoms with van der Waals surface area (Å²) in [5.41, 5.74) is 2.62. The maximum Gasteiger partial charge on any atom is 0.263 e. The van der Waals surface area contributed by atoms with E-state index in [1.165, 1.54) is 5.56 Å². The maximum atomic E-state index is 12.8. The average molecular weight is 412 g/mol. The number of ether oxygens (including phenoxy) is 1. The number of aromatic nitrogens is 1. The molecule has 0 bridgehead atoms. The van der Waals surface area contributed by atoms with E-state index in [1.807, 2.05) is 30.3 Å². The van der Waals surface area contributed by atoms with Crippen molar-refractivity contribution >= 4 is 11.6 Å². The number of hydrogen-bond acceptors (Lipinski definition) is 4. The highest BCUT2D eigenvalue weighted by Crippen LogP contribution is 2.13. The lowest BCUT2D eigenvalue weighted by Crippen LogP contribution is -2.37. The topological polar surface area (TPSA) is 63.6 Å². The highest BCUT2D eigenvalue weighted by atomic mass is 16.5. The van der Waals surface area contributed by atoms with E-state index >= 15 is 0 Å². The van der Waals surface area contributed by atoms with E-state index in [-0.39, 0.29) is 17.0 Å². The second-order valence-electron chi connectivity index (χ2n) is 8.41. The van der Waals surface area contributed by atoms with E-state index in [1.54, 1.807) is 17.7 Å². The first kappa shape index (κ1) is 22.2. The fourth-order valence-electron chi connectivity index (χ4n) is 3.57. The van der Waals surface area contributed by atoms with Gasteiger partial charge in [-0.05, 0) is 55.0 Å². The van der Waals surface area contributed by atoms with Crippen molar-refractivity contribution in [3.05, 3.63) is 63.6 Å². The Labute approximate surface area is 178 Å². The lowest BCUT2D eigenvalue weighted by atomic mass is 10.1. The van der Waals surface area contributed by atoms with Crippen LogP contribution >= 0.6 is 0 Å². The van der Waals surface area contributed by atoms with Crippen molar-refractivity contribution in [1.29, 1.82) is 0 Å². The van der Waals surface area contributed by atoms with Crippen molar-refractivity contribution in [3.63, 3.8) is 0 Å². The molecule has 0 radical (unpaired) electrons. The van der Waals surface area contributed by atoms with Gasteiger partial charge in [-0.1, -0.05) is 26.0 Å². The summed E-state index contributed by atoms with van der Waals surface area (Å²) in [6, 6.07) is 9.72. The summed E-state index contributed by atoms with van der Waals surface area (Å²) < 4.78 is 7.02. The quantitative estimate of drug-likeness (QED) is 0.724. The average Bonchev–Trinajstić information content (AvgIpc) is 2.73. The predicted octanol–water partition coefficient (Wildman–Crippen LogP) is 3.33. The maximum absolute atomic E-state index is 12.8. The van der Waals surface area contributed by atoms with Gasteiger partial charge in [-0.2, -0.15) is 0 Å². The number of nitrogens with one attached hydrogen (secondary N) is 1. The third kappa shape index (κ3) is 6.03. The molecule has 1 aromatic heterocycles. The fraction of sp³-hybridized carbons (Fsp3) is 0.500. The van der Waals surface area contributed by atoms with Crippen molar-refractivity contribution in [3.8, 4) is 0 Å². The Kier molecular flexibility index (Phi) is 7.82. The van der Waals surface area contributed by atoms with Crippen molar-refractivity contribution in [2.24, 2.45) is 5.92 Å². The van der Waals surface area contributed by atoms with Gasteiger partial charge in [0.05, 0.1) is 13.2 Å². The van der Waals surface area contributed by atoms with Gasteiger partial charge in [-0.25, -0.2) is 0 Å². The lowest BCUT2D eigenvalue weighted by Gasteiger charge is -2.26. The third-order valence-corrected chi connectivity index (χ3v) is 5.58. The van der Waals surface area contributed by atoms with Gasteiger partial charge in [-0.15, -0.1) is 0 Å². The zero-order chi connectivity index (χ0) is 21.5. The van der Waals surface area contributed by atoms with Crippen LogP contribution in [0.25, 0.3) is 0 Å². The van der Waals surface area contributed by atoms with E-state index in [0.29, 0.717) is 23.7 Å². The molecule has 1 aliphatic heterocycles. The van der Waals surface area contributed by atoms with Crippen molar-refractivity contribution in [2.75, 3.05) is 38.2 Å². The van der Waals surface area contributed by atoms with E-state index in [9.17, 15) is 9.59 Å². The molecule has 0 aliphatic carbocycles. The van der Waals surface area contributed by atoms with Gasteiger partial charge in [-0.3, -0.25) is 14.5 Å². The molecule has 1 aromatic carbocycles. The highest BCUT2D eigenvalue weighted by Gasteiger charge is 2.16. The number of rotatable bonds is 8. The second kappa shape index (κ2) is 10.5. The Morgan fingerprint density at radius 2 is 1.80 bits per heavy atom. The molecule has 6 nitrogen and oxygen atoms in total. The van der Waals surface area contributed by atoms with Crippen LogP contribution in [0.1, 0.15) is 41.8 Å². The summed E-state index contributed by atoms with van der Waals surface area (Å²) >= 11 is 0. The Bertz CT molecular complexity index is 897. The van der Waals surface area contributed by atoms with E-state index in [4.69, 9.17) is 4.74 Å². The molecule has 2 heterocycles. The number of pyridine rings is 1. The summed E-state index contributed by atoms with van der Waals surface area (Å²) in [6.07, 6.45) is 3.64. The minimum absolute atomic E-state index is 0.220. The second-order valence-corrected chi connectivity index (χ2v) is 8.41. The molecule has 6 heteroatoms. The molecule has 1 saturated heterocycles. The van der Waals surface area contributed by atoms with Gasteiger partial charge in [0.2, 0.25) is 0 Å². The summed E-state index contributed by atoms with van der Waals surface area (Å²) in [6.45, 7) is 11.3. The smallest absolute Gasteiger partial charge is 0.263 e. The molecule has 0 saturated carbocycles. The van der Waals surface area contributed by atoms with Crippen LogP contribution in [-0.2, 0) is 17.7 Å². The first-order chi connectivity index (χ1) is 14.4. The molecular formula is C24H33N3O3. The number of amides is 1. The molecule has 3 rings (SSSR count). The molecular weight excluding hydrogens is 378 g/mol.